The molecule has 1 unspecified atom stereocenters. The van der Waals surface area contributed by atoms with E-state index in [4.69, 9.17) is 0 Å². The molecule has 0 heterocycles. The summed E-state index contributed by atoms with van der Waals surface area (Å²) in [6.45, 7) is 0. The molecule has 0 aliphatic heterocycles. The second kappa shape index (κ2) is 7.73. The maximum absolute atomic E-state index is 13.0. The molecular formula is C25H20O3. The van der Waals surface area contributed by atoms with Crippen LogP contribution in [0.3, 0.4) is 0 Å². The van der Waals surface area contributed by atoms with Gasteiger partial charge < -0.3 is 0 Å². The number of hydrogen-bond acceptors (Lipinski definition) is 3. The van der Waals surface area contributed by atoms with Crippen LogP contribution in [0.5, 0.6) is 0 Å². The molecule has 0 N–H and O–H groups in total. The Hall–Kier alpha value is -3.33. The Bertz CT molecular complexity index is 987. The van der Waals surface area contributed by atoms with E-state index in [1.807, 2.05) is 60.7 Å². The van der Waals surface area contributed by atoms with Crippen molar-refractivity contribution in [3.8, 4) is 0 Å². The van der Waals surface area contributed by atoms with Gasteiger partial charge in [0.25, 0.3) is 0 Å². The lowest BCUT2D eigenvalue weighted by Crippen LogP contribution is -2.26. The summed E-state index contributed by atoms with van der Waals surface area (Å²) in [7, 11) is 0. The first-order chi connectivity index (χ1) is 13.6. The maximum Gasteiger partial charge on any atom is 0.175 e. The zero-order valence-corrected chi connectivity index (χ0v) is 15.4. The number of Topliss-reactive ketones (excluding diaryl/α,β-unsaturated/α-hetero) is 3. The molecule has 4 rings (SSSR count). The van der Waals surface area contributed by atoms with E-state index in [0.29, 0.717) is 17.5 Å². The highest BCUT2D eigenvalue weighted by molar-refractivity contribution is 6.27. The van der Waals surface area contributed by atoms with E-state index >= 15 is 0 Å². The van der Waals surface area contributed by atoms with E-state index < -0.39 is 11.8 Å². The molecule has 1 aliphatic rings. The van der Waals surface area contributed by atoms with Crippen molar-refractivity contribution in [3.05, 3.63) is 107 Å². The monoisotopic (exact) mass is 368 g/mol. The van der Waals surface area contributed by atoms with Gasteiger partial charge in [-0.25, -0.2) is 0 Å². The van der Waals surface area contributed by atoms with Crippen molar-refractivity contribution in [2.75, 3.05) is 0 Å². The third-order valence-corrected chi connectivity index (χ3v) is 5.34. The van der Waals surface area contributed by atoms with Gasteiger partial charge in [-0.3, -0.25) is 14.4 Å². The van der Waals surface area contributed by atoms with Crippen molar-refractivity contribution in [2.45, 2.75) is 18.8 Å². The van der Waals surface area contributed by atoms with Crippen LogP contribution in [-0.2, 0) is 11.2 Å². The van der Waals surface area contributed by atoms with E-state index in [1.54, 1.807) is 24.3 Å². The Labute approximate surface area is 164 Å². The summed E-state index contributed by atoms with van der Waals surface area (Å²) < 4.78 is 0. The van der Waals surface area contributed by atoms with Crippen LogP contribution in [0.4, 0.5) is 0 Å². The lowest BCUT2D eigenvalue weighted by Gasteiger charge is -2.21. The topological polar surface area (TPSA) is 51.2 Å². The summed E-state index contributed by atoms with van der Waals surface area (Å²) in [5, 5.41) is 0. The largest absolute Gasteiger partial charge is 0.299 e. The first-order valence-electron chi connectivity index (χ1n) is 9.43. The van der Waals surface area contributed by atoms with E-state index in [-0.39, 0.29) is 23.8 Å². The minimum atomic E-state index is -0.834. The third kappa shape index (κ3) is 3.44. The van der Waals surface area contributed by atoms with Crippen molar-refractivity contribution < 1.29 is 14.4 Å². The second-order valence-electron chi connectivity index (χ2n) is 7.17. The van der Waals surface area contributed by atoms with E-state index in [2.05, 4.69) is 0 Å². The highest BCUT2D eigenvalue weighted by Crippen LogP contribution is 2.38. The lowest BCUT2D eigenvalue weighted by molar-refractivity contribution is -0.118. The predicted octanol–water partition coefficient (Wildman–Crippen LogP) is 4.67. The van der Waals surface area contributed by atoms with Crippen LogP contribution >= 0.6 is 0 Å². The summed E-state index contributed by atoms with van der Waals surface area (Å²) in [4.78, 5) is 38.9. The van der Waals surface area contributed by atoms with E-state index in [1.165, 1.54) is 0 Å². The quantitative estimate of drug-likeness (QED) is 0.594. The van der Waals surface area contributed by atoms with Gasteiger partial charge in [0.2, 0.25) is 0 Å². The summed E-state index contributed by atoms with van der Waals surface area (Å²) >= 11 is 0. The van der Waals surface area contributed by atoms with Crippen molar-refractivity contribution in [2.24, 2.45) is 5.92 Å². The Morgan fingerprint density at radius 2 is 1.21 bits per heavy atom. The summed E-state index contributed by atoms with van der Waals surface area (Å²) in [6, 6.07) is 25.9. The molecule has 28 heavy (non-hydrogen) atoms. The maximum atomic E-state index is 13.0. The lowest BCUT2D eigenvalue weighted by atomic mass is 9.79. The van der Waals surface area contributed by atoms with Crippen molar-refractivity contribution in [1.82, 2.24) is 0 Å². The van der Waals surface area contributed by atoms with Crippen LogP contribution in [0, 0.1) is 5.92 Å². The Balaban J connectivity index is 1.65. The first-order valence-corrected chi connectivity index (χ1v) is 9.43. The Kier molecular flexibility index (Phi) is 4.98. The molecule has 3 aromatic carbocycles. The smallest absolute Gasteiger partial charge is 0.175 e. The summed E-state index contributed by atoms with van der Waals surface area (Å²) in [5.74, 6) is -1.62. The fourth-order valence-electron chi connectivity index (χ4n) is 4.00. The average Bonchev–Trinajstić information content (AvgIpc) is 2.98. The number of fused-ring (bicyclic) bond motifs is 1. The molecular weight excluding hydrogens is 348 g/mol. The minimum absolute atomic E-state index is 0.0246. The van der Waals surface area contributed by atoms with Gasteiger partial charge in [0.1, 0.15) is 5.78 Å². The number of rotatable bonds is 6. The average molecular weight is 368 g/mol. The third-order valence-electron chi connectivity index (χ3n) is 5.34. The Morgan fingerprint density at radius 1 is 0.714 bits per heavy atom. The zero-order valence-electron chi connectivity index (χ0n) is 15.4. The van der Waals surface area contributed by atoms with Crippen molar-refractivity contribution in [1.29, 1.82) is 0 Å². The number of hydrogen-bond donors (Lipinski definition) is 0. The normalized spacial score (nSPS) is 14.7. The number of benzene rings is 3. The van der Waals surface area contributed by atoms with Crippen LogP contribution in [-0.4, -0.2) is 17.3 Å². The molecule has 1 atom stereocenters. The van der Waals surface area contributed by atoms with Gasteiger partial charge in [-0.2, -0.15) is 0 Å². The van der Waals surface area contributed by atoms with Crippen molar-refractivity contribution >= 4 is 17.3 Å². The molecule has 3 heteroatoms. The van der Waals surface area contributed by atoms with Gasteiger partial charge in [0.05, 0.1) is 5.92 Å². The zero-order chi connectivity index (χ0) is 19.5. The minimum Gasteiger partial charge on any atom is -0.299 e. The first kappa shape index (κ1) is 18.1. The van der Waals surface area contributed by atoms with Crippen LogP contribution in [0.1, 0.15) is 44.2 Å². The number of ketones is 3. The fraction of sp³-hybridized carbons (Fsp3) is 0.160. The molecule has 0 saturated heterocycles. The Morgan fingerprint density at radius 3 is 1.79 bits per heavy atom. The van der Waals surface area contributed by atoms with Gasteiger partial charge in [-0.05, 0) is 11.1 Å². The molecule has 0 amide bonds. The molecule has 3 aromatic rings. The summed E-state index contributed by atoms with van der Waals surface area (Å²) in [6.07, 6.45) is 0.460. The van der Waals surface area contributed by atoms with Gasteiger partial charge in [0, 0.05) is 29.9 Å². The molecule has 1 aliphatic carbocycles. The van der Waals surface area contributed by atoms with Gasteiger partial charge in [-0.1, -0.05) is 84.9 Å². The molecule has 0 spiro atoms. The SMILES string of the molecule is O=C(Cc1ccccc1)CC(c1ccccc1)C1C(=O)c2ccccc2C1=O. The molecule has 138 valence electrons. The highest BCUT2D eigenvalue weighted by Gasteiger charge is 2.44. The van der Waals surface area contributed by atoms with Crippen LogP contribution in [0.25, 0.3) is 0 Å². The van der Waals surface area contributed by atoms with Gasteiger partial charge in [-0.15, -0.1) is 0 Å². The molecule has 0 bridgehead atoms. The molecule has 0 aromatic heterocycles. The fourth-order valence-corrected chi connectivity index (χ4v) is 4.00. The van der Waals surface area contributed by atoms with Crippen molar-refractivity contribution in [3.63, 3.8) is 0 Å². The van der Waals surface area contributed by atoms with Gasteiger partial charge >= 0.3 is 0 Å². The number of carbonyl (C=O) groups is 3. The highest BCUT2D eigenvalue weighted by atomic mass is 16.2. The standard InChI is InChI=1S/C25H20O3/c26-19(15-17-9-3-1-4-10-17)16-22(18-11-5-2-6-12-18)23-24(27)20-13-7-8-14-21(20)25(23)28/h1-14,22-23H,15-16H2. The molecule has 0 radical (unpaired) electrons. The second-order valence-corrected chi connectivity index (χ2v) is 7.17. The molecule has 0 saturated carbocycles. The number of carbonyl (C=O) groups excluding carboxylic acids is 3. The van der Waals surface area contributed by atoms with Crippen LogP contribution in [0.15, 0.2) is 84.9 Å². The predicted molar refractivity (Wildman–Crippen MR) is 108 cm³/mol. The van der Waals surface area contributed by atoms with E-state index in [0.717, 1.165) is 11.1 Å². The summed E-state index contributed by atoms with van der Waals surface area (Å²) in [5.41, 5.74) is 2.72. The van der Waals surface area contributed by atoms with Crippen LogP contribution in [0.2, 0.25) is 0 Å². The molecule has 3 nitrogen and oxygen atoms in total. The molecule has 0 fully saturated rings. The van der Waals surface area contributed by atoms with E-state index in [9.17, 15) is 14.4 Å². The van der Waals surface area contributed by atoms with Gasteiger partial charge in [0.15, 0.2) is 11.6 Å². The van der Waals surface area contributed by atoms with Crippen LogP contribution < -0.4 is 0 Å².